The molecule has 1 saturated carbocycles. The molecule has 1 aliphatic rings. The fourth-order valence-corrected chi connectivity index (χ4v) is 2.60. The molecule has 94 valence electrons. The minimum Gasteiger partial charge on any atom is -0.452 e. The second-order valence-corrected chi connectivity index (χ2v) is 5.73. The van der Waals surface area contributed by atoms with Crippen molar-refractivity contribution in [1.82, 2.24) is 9.44 Å². The molecule has 16 heavy (non-hydrogen) atoms. The van der Waals surface area contributed by atoms with E-state index in [4.69, 9.17) is 11.6 Å². The van der Waals surface area contributed by atoms with Crippen molar-refractivity contribution in [2.75, 3.05) is 19.5 Å². The van der Waals surface area contributed by atoms with Crippen LogP contribution in [0.25, 0.3) is 0 Å². The molecule has 8 heteroatoms. The molecule has 0 saturated heterocycles. The highest BCUT2D eigenvalue weighted by molar-refractivity contribution is 7.88. The Hall–Kier alpha value is -0.530. The Kier molecular flexibility index (Phi) is 4.40. The van der Waals surface area contributed by atoms with E-state index in [1.807, 2.05) is 0 Å². The fraction of sp³-hybridized carbons (Fsp3) is 0.875. The van der Waals surface area contributed by atoms with Gasteiger partial charge in [-0.25, -0.2) is 9.52 Å². The number of alkyl halides is 1. The number of hydrogen-bond donors (Lipinski definition) is 2. The lowest BCUT2D eigenvalue weighted by Crippen LogP contribution is -2.42. The van der Waals surface area contributed by atoms with Gasteiger partial charge in [0, 0.05) is 12.4 Å². The minimum absolute atomic E-state index is 0.0212. The third-order valence-electron chi connectivity index (χ3n) is 2.62. The number of hydrogen-bond acceptors (Lipinski definition) is 4. The van der Waals surface area contributed by atoms with Crippen LogP contribution in [0.4, 0.5) is 4.79 Å². The Labute approximate surface area is 99.9 Å². The lowest BCUT2D eigenvalue weighted by atomic mass is 10.1. The van der Waals surface area contributed by atoms with Gasteiger partial charge in [0.2, 0.25) is 0 Å². The van der Waals surface area contributed by atoms with Crippen LogP contribution < -0.4 is 9.44 Å². The molecule has 2 N–H and O–H groups in total. The van der Waals surface area contributed by atoms with Crippen LogP contribution in [-0.2, 0) is 14.9 Å². The first kappa shape index (κ1) is 13.5. The second kappa shape index (κ2) is 5.20. The maximum atomic E-state index is 11.3. The van der Waals surface area contributed by atoms with E-state index >= 15 is 0 Å². The summed E-state index contributed by atoms with van der Waals surface area (Å²) in [5, 5.41) is 0. The topological polar surface area (TPSA) is 84.5 Å². The maximum absolute atomic E-state index is 11.3. The van der Waals surface area contributed by atoms with Crippen molar-refractivity contribution in [3.63, 3.8) is 0 Å². The van der Waals surface area contributed by atoms with Crippen LogP contribution in [0.2, 0.25) is 0 Å². The molecular formula is C8H15ClN2O4S. The second-order valence-electron chi connectivity index (χ2n) is 3.86. The van der Waals surface area contributed by atoms with Crippen LogP contribution in [0.15, 0.2) is 0 Å². The SMILES string of the molecule is COC(=O)NS(=O)(=O)NCC1(CCCl)CC1. The first-order valence-electron chi connectivity index (χ1n) is 4.84. The van der Waals surface area contributed by atoms with Crippen molar-refractivity contribution in [1.29, 1.82) is 0 Å². The fourth-order valence-electron chi connectivity index (χ4n) is 1.33. The van der Waals surface area contributed by atoms with E-state index in [9.17, 15) is 13.2 Å². The monoisotopic (exact) mass is 270 g/mol. The molecule has 0 radical (unpaired) electrons. The van der Waals surface area contributed by atoms with E-state index in [1.165, 1.54) is 0 Å². The zero-order chi connectivity index (χ0) is 12.2. The van der Waals surface area contributed by atoms with Gasteiger partial charge >= 0.3 is 16.3 Å². The number of ether oxygens (including phenoxy) is 1. The maximum Gasteiger partial charge on any atom is 0.421 e. The number of carbonyl (C=O) groups is 1. The third-order valence-corrected chi connectivity index (χ3v) is 3.77. The Bertz CT molecular complexity index is 353. The van der Waals surface area contributed by atoms with Crippen LogP contribution >= 0.6 is 11.6 Å². The van der Waals surface area contributed by atoms with Gasteiger partial charge in [0.25, 0.3) is 0 Å². The summed E-state index contributed by atoms with van der Waals surface area (Å²) >= 11 is 5.62. The molecule has 0 aromatic carbocycles. The molecule has 1 aliphatic carbocycles. The standard InChI is InChI=1S/C8H15ClN2O4S/c1-15-7(12)11-16(13,14)10-6-8(2-3-8)4-5-9/h10H,2-6H2,1H3,(H,11,12). The van der Waals surface area contributed by atoms with Crippen molar-refractivity contribution in [2.45, 2.75) is 19.3 Å². The average molecular weight is 271 g/mol. The summed E-state index contributed by atoms with van der Waals surface area (Å²) in [6.07, 6.45) is 1.69. The highest BCUT2D eigenvalue weighted by atomic mass is 35.5. The number of methoxy groups -OCH3 is 1. The zero-order valence-electron chi connectivity index (χ0n) is 8.95. The van der Waals surface area contributed by atoms with Gasteiger partial charge in [-0.2, -0.15) is 13.1 Å². The minimum atomic E-state index is -3.82. The van der Waals surface area contributed by atoms with Gasteiger partial charge in [0.05, 0.1) is 7.11 Å². The summed E-state index contributed by atoms with van der Waals surface area (Å²) in [6.45, 7) is 0.298. The van der Waals surface area contributed by atoms with Gasteiger partial charge in [-0.15, -0.1) is 11.6 Å². The van der Waals surface area contributed by atoms with Gasteiger partial charge in [0.1, 0.15) is 0 Å². The number of rotatable bonds is 6. The molecule has 0 atom stereocenters. The molecule has 0 unspecified atom stereocenters. The first-order chi connectivity index (χ1) is 7.43. The van der Waals surface area contributed by atoms with E-state index in [0.29, 0.717) is 12.4 Å². The van der Waals surface area contributed by atoms with Gasteiger partial charge in [-0.1, -0.05) is 0 Å². The van der Waals surface area contributed by atoms with E-state index in [1.54, 1.807) is 4.72 Å². The lowest BCUT2D eigenvalue weighted by molar-refractivity contribution is 0.177. The van der Waals surface area contributed by atoms with E-state index < -0.39 is 16.3 Å². The van der Waals surface area contributed by atoms with Gasteiger partial charge in [0.15, 0.2) is 0 Å². The van der Waals surface area contributed by atoms with Crippen molar-refractivity contribution >= 4 is 27.9 Å². The van der Waals surface area contributed by atoms with Gasteiger partial charge < -0.3 is 4.74 Å². The largest absolute Gasteiger partial charge is 0.452 e. The van der Waals surface area contributed by atoms with Crippen LogP contribution in [-0.4, -0.2) is 34.0 Å². The molecule has 6 nitrogen and oxygen atoms in total. The Morgan fingerprint density at radius 1 is 1.50 bits per heavy atom. The summed E-state index contributed by atoms with van der Waals surface area (Å²) in [7, 11) is -2.72. The lowest BCUT2D eigenvalue weighted by Gasteiger charge is -2.14. The summed E-state index contributed by atoms with van der Waals surface area (Å²) in [4.78, 5) is 10.7. The first-order valence-corrected chi connectivity index (χ1v) is 6.86. The van der Waals surface area contributed by atoms with Crippen molar-refractivity contribution in [2.24, 2.45) is 5.41 Å². The molecule has 1 amide bonds. The number of halogens is 1. The van der Waals surface area contributed by atoms with E-state index in [0.717, 1.165) is 26.4 Å². The summed E-state index contributed by atoms with van der Waals surface area (Å²) < 4.78 is 30.9. The molecular weight excluding hydrogens is 256 g/mol. The summed E-state index contributed by atoms with van der Waals surface area (Å²) in [6, 6.07) is 0. The molecule has 0 aromatic heterocycles. The molecule has 0 heterocycles. The van der Waals surface area contributed by atoms with Crippen LogP contribution in [0.1, 0.15) is 19.3 Å². The van der Waals surface area contributed by atoms with Crippen LogP contribution in [0.5, 0.6) is 0 Å². The average Bonchev–Trinajstić information content (AvgIpc) is 2.96. The molecule has 0 aliphatic heterocycles. The predicted molar refractivity (Wildman–Crippen MR) is 59.5 cm³/mol. The predicted octanol–water partition coefficient (Wildman–Crippen LogP) is 0.586. The molecule has 1 rings (SSSR count). The van der Waals surface area contributed by atoms with Crippen molar-refractivity contribution in [3.8, 4) is 0 Å². The summed E-state index contributed by atoms with van der Waals surface area (Å²) in [5.41, 5.74) is -0.0212. The van der Waals surface area contributed by atoms with Crippen molar-refractivity contribution in [3.05, 3.63) is 0 Å². The normalized spacial score (nSPS) is 17.9. The number of amides is 1. The van der Waals surface area contributed by atoms with E-state index in [2.05, 4.69) is 9.46 Å². The highest BCUT2D eigenvalue weighted by Crippen LogP contribution is 2.48. The smallest absolute Gasteiger partial charge is 0.421 e. The number of carbonyl (C=O) groups excluding carboxylic acids is 1. The Morgan fingerprint density at radius 2 is 2.12 bits per heavy atom. The molecule has 0 aromatic rings. The van der Waals surface area contributed by atoms with E-state index in [-0.39, 0.29) is 5.41 Å². The molecule has 0 spiro atoms. The Morgan fingerprint density at radius 3 is 2.56 bits per heavy atom. The van der Waals surface area contributed by atoms with Crippen LogP contribution in [0, 0.1) is 5.41 Å². The van der Waals surface area contributed by atoms with Gasteiger partial charge in [-0.05, 0) is 24.7 Å². The van der Waals surface area contributed by atoms with Gasteiger partial charge in [-0.3, -0.25) is 0 Å². The molecule has 0 bridgehead atoms. The third kappa shape index (κ3) is 4.15. The van der Waals surface area contributed by atoms with Crippen LogP contribution in [0.3, 0.4) is 0 Å². The quantitative estimate of drug-likeness (QED) is 0.692. The zero-order valence-corrected chi connectivity index (χ0v) is 10.5. The Balaban J connectivity index is 2.39. The number of nitrogens with one attached hydrogen (secondary N) is 2. The molecule has 1 fully saturated rings. The highest BCUT2D eigenvalue weighted by Gasteiger charge is 2.42. The van der Waals surface area contributed by atoms with Crippen molar-refractivity contribution < 1.29 is 17.9 Å². The summed E-state index contributed by atoms with van der Waals surface area (Å²) in [5.74, 6) is 0.506.